The maximum Gasteiger partial charge on any atom is 0.252 e. The number of nitrogens with zero attached hydrogens (tertiary/aromatic N) is 1. The van der Waals surface area contributed by atoms with E-state index in [-0.39, 0.29) is 28.8 Å². The molecule has 1 N–H and O–H groups in total. The number of rotatable bonds is 7. The van der Waals surface area contributed by atoms with Crippen LogP contribution in [0.5, 0.6) is 0 Å². The minimum atomic E-state index is -3.89. The molecule has 0 unspecified atom stereocenters. The van der Waals surface area contributed by atoms with E-state index in [2.05, 4.69) is 11.9 Å². The standard InChI is InChI=1S/C25H28N2O4S/c1-3-18-11-12-24-20(13-18)14-21(25(29)26-24)16-27(22-8-4-5-9-22)32(30,31)23-10-6-7-19(15-23)17(2)28/h6-7,10-15,22H,3-5,8-9,16H2,1-2H3,(H,26,29). The van der Waals surface area contributed by atoms with Crippen LogP contribution in [0.25, 0.3) is 10.9 Å². The van der Waals surface area contributed by atoms with Crippen molar-refractivity contribution in [3.63, 3.8) is 0 Å². The first kappa shape index (κ1) is 22.4. The first-order valence-electron chi connectivity index (χ1n) is 11.1. The zero-order valence-corrected chi connectivity index (χ0v) is 19.2. The summed E-state index contributed by atoms with van der Waals surface area (Å²) in [5, 5.41) is 0.890. The largest absolute Gasteiger partial charge is 0.322 e. The van der Waals surface area contributed by atoms with Gasteiger partial charge in [-0.3, -0.25) is 9.59 Å². The number of H-pyrrole nitrogens is 1. The van der Waals surface area contributed by atoms with Gasteiger partial charge < -0.3 is 4.98 Å². The number of pyridine rings is 1. The molecule has 1 heterocycles. The Kier molecular flexibility index (Phi) is 6.31. The first-order valence-corrected chi connectivity index (χ1v) is 12.5. The normalized spacial score (nSPS) is 15.0. The maximum atomic E-state index is 13.7. The van der Waals surface area contributed by atoms with Gasteiger partial charge in [0.05, 0.1) is 4.90 Å². The minimum absolute atomic E-state index is 0.00107. The van der Waals surface area contributed by atoms with Crippen molar-refractivity contribution in [1.29, 1.82) is 0 Å². The monoisotopic (exact) mass is 452 g/mol. The number of aromatic nitrogens is 1. The summed E-state index contributed by atoms with van der Waals surface area (Å²) < 4.78 is 28.8. The first-order chi connectivity index (χ1) is 15.3. The molecule has 4 rings (SSSR count). The summed E-state index contributed by atoms with van der Waals surface area (Å²) in [5.74, 6) is -0.188. The van der Waals surface area contributed by atoms with Crippen molar-refractivity contribution < 1.29 is 13.2 Å². The highest BCUT2D eigenvalue weighted by molar-refractivity contribution is 7.89. The fourth-order valence-electron chi connectivity index (χ4n) is 4.42. The second-order valence-electron chi connectivity index (χ2n) is 8.47. The van der Waals surface area contributed by atoms with Crippen molar-refractivity contribution >= 4 is 26.7 Å². The van der Waals surface area contributed by atoms with Gasteiger partial charge in [0, 0.05) is 29.2 Å². The summed E-state index contributed by atoms with van der Waals surface area (Å²) in [7, 11) is -3.89. The van der Waals surface area contributed by atoms with Crippen LogP contribution in [0, 0.1) is 0 Å². The Morgan fingerprint density at radius 2 is 1.84 bits per heavy atom. The van der Waals surface area contributed by atoms with Crippen LogP contribution >= 0.6 is 0 Å². The van der Waals surface area contributed by atoms with Crippen LogP contribution in [0.2, 0.25) is 0 Å². The number of benzene rings is 2. The quantitative estimate of drug-likeness (QED) is 0.538. The average Bonchev–Trinajstić information content (AvgIpc) is 3.31. The van der Waals surface area contributed by atoms with Gasteiger partial charge in [-0.05, 0) is 67.5 Å². The Morgan fingerprint density at radius 1 is 1.09 bits per heavy atom. The number of nitrogens with one attached hydrogen (secondary N) is 1. The van der Waals surface area contributed by atoms with E-state index in [1.165, 1.54) is 23.4 Å². The number of fused-ring (bicyclic) bond motifs is 1. The van der Waals surface area contributed by atoms with Gasteiger partial charge in [0.25, 0.3) is 5.56 Å². The molecule has 7 heteroatoms. The van der Waals surface area contributed by atoms with Crippen LogP contribution in [0.15, 0.2) is 58.2 Å². The zero-order chi connectivity index (χ0) is 22.9. The molecular formula is C25H28N2O4S. The van der Waals surface area contributed by atoms with E-state index >= 15 is 0 Å². The third-order valence-electron chi connectivity index (χ3n) is 6.30. The molecule has 1 aliphatic rings. The second kappa shape index (κ2) is 9.00. The number of sulfonamides is 1. The highest BCUT2D eigenvalue weighted by Gasteiger charge is 2.34. The molecule has 3 aromatic rings. The summed E-state index contributed by atoms with van der Waals surface area (Å²) >= 11 is 0. The van der Waals surface area contributed by atoms with Crippen LogP contribution in [0.3, 0.4) is 0 Å². The summed E-state index contributed by atoms with van der Waals surface area (Å²) in [5.41, 5.74) is 2.38. The predicted molar refractivity (Wildman–Crippen MR) is 125 cm³/mol. The average molecular weight is 453 g/mol. The third-order valence-corrected chi connectivity index (χ3v) is 8.19. The van der Waals surface area contributed by atoms with E-state index in [9.17, 15) is 18.0 Å². The molecule has 0 bridgehead atoms. The molecule has 32 heavy (non-hydrogen) atoms. The fourth-order valence-corrected chi connectivity index (χ4v) is 6.13. The number of ketones is 1. The number of hydrogen-bond acceptors (Lipinski definition) is 4. The molecule has 1 aromatic heterocycles. The van der Waals surface area contributed by atoms with Crippen LogP contribution in [0.1, 0.15) is 61.0 Å². The van der Waals surface area contributed by atoms with Gasteiger partial charge in [-0.1, -0.05) is 38.0 Å². The second-order valence-corrected chi connectivity index (χ2v) is 10.4. The lowest BCUT2D eigenvalue weighted by molar-refractivity contribution is 0.101. The van der Waals surface area contributed by atoms with Crippen molar-refractivity contribution in [3.05, 3.63) is 75.6 Å². The highest BCUT2D eigenvalue weighted by Crippen LogP contribution is 2.30. The predicted octanol–water partition coefficient (Wildman–Crippen LogP) is 4.43. The Labute approximate surface area is 188 Å². The lowest BCUT2D eigenvalue weighted by Gasteiger charge is -2.28. The lowest BCUT2D eigenvalue weighted by Crippen LogP contribution is -2.39. The van der Waals surface area contributed by atoms with Crippen LogP contribution in [0.4, 0.5) is 0 Å². The number of carbonyl (C=O) groups is 1. The molecule has 0 aliphatic heterocycles. The Bertz CT molecular complexity index is 1320. The van der Waals surface area contributed by atoms with Gasteiger partial charge in [0.1, 0.15) is 0 Å². The molecule has 168 valence electrons. The number of carbonyl (C=O) groups excluding carboxylic acids is 1. The number of aryl methyl sites for hydroxylation is 1. The van der Waals surface area contributed by atoms with Crippen molar-refractivity contribution in [2.75, 3.05) is 0 Å². The molecule has 2 aromatic carbocycles. The smallest absolute Gasteiger partial charge is 0.252 e. The highest BCUT2D eigenvalue weighted by atomic mass is 32.2. The molecule has 0 amide bonds. The SMILES string of the molecule is CCc1ccc2[nH]c(=O)c(CN(C3CCCC3)S(=O)(=O)c3cccc(C(C)=O)c3)cc2c1. The van der Waals surface area contributed by atoms with E-state index in [1.807, 2.05) is 18.2 Å². The topological polar surface area (TPSA) is 87.3 Å². The van der Waals surface area contributed by atoms with Crippen molar-refractivity contribution in [1.82, 2.24) is 9.29 Å². The van der Waals surface area contributed by atoms with Gasteiger partial charge in [-0.25, -0.2) is 8.42 Å². The molecule has 0 atom stereocenters. The van der Waals surface area contributed by atoms with Gasteiger partial charge in [-0.15, -0.1) is 0 Å². The molecule has 0 saturated heterocycles. The van der Waals surface area contributed by atoms with Crippen molar-refractivity contribution in [3.8, 4) is 0 Å². The van der Waals surface area contributed by atoms with Gasteiger partial charge in [0.2, 0.25) is 10.0 Å². The van der Waals surface area contributed by atoms with Crippen molar-refractivity contribution in [2.45, 2.75) is 63.4 Å². The van der Waals surface area contributed by atoms with E-state index in [4.69, 9.17) is 0 Å². The van der Waals surface area contributed by atoms with Crippen LogP contribution in [-0.2, 0) is 23.0 Å². The van der Waals surface area contributed by atoms with Crippen molar-refractivity contribution in [2.24, 2.45) is 0 Å². The molecule has 0 spiro atoms. The summed E-state index contributed by atoms with van der Waals surface area (Å²) in [6.07, 6.45) is 4.31. The van der Waals surface area contributed by atoms with E-state index in [0.717, 1.165) is 48.6 Å². The van der Waals surface area contributed by atoms with E-state index < -0.39 is 10.0 Å². The zero-order valence-electron chi connectivity index (χ0n) is 18.4. The third kappa shape index (κ3) is 4.40. The molecule has 1 fully saturated rings. The fraction of sp³-hybridized carbons (Fsp3) is 0.360. The molecule has 1 saturated carbocycles. The van der Waals surface area contributed by atoms with Gasteiger partial charge in [0.15, 0.2) is 5.78 Å². The summed E-state index contributed by atoms with van der Waals surface area (Å²) in [6.45, 7) is 3.48. The molecule has 0 radical (unpaired) electrons. The molecular weight excluding hydrogens is 424 g/mol. The maximum absolute atomic E-state index is 13.7. The lowest BCUT2D eigenvalue weighted by atomic mass is 10.1. The van der Waals surface area contributed by atoms with Gasteiger partial charge >= 0.3 is 0 Å². The Balaban J connectivity index is 1.78. The van der Waals surface area contributed by atoms with E-state index in [0.29, 0.717) is 11.1 Å². The molecule has 6 nitrogen and oxygen atoms in total. The van der Waals surface area contributed by atoms with E-state index in [1.54, 1.807) is 18.2 Å². The summed E-state index contributed by atoms with van der Waals surface area (Å²) in [6, 6.07) is 13.7. The number of aromatic amines is 1. The van der Waals surface area contributed by atoms with Crippen LogP contribution in [-0.4, -0.2) is 29.5 Å². The molecule has 1 aliphatic carbocycles. The van der Waals surface area contributed by atoms with Gasteiger partial charge in [-0.2, -0.15) is 4.31 Å². The Hall–Kier alpha value is -2.77. The van der Waals surface area contributed by atoms with Crippen LogP contribution < -0.4 is 5.56 Å². The summed E-state index contributed by atoms with van der Waals surface area (Å²) in [4.78, 5) is 27.6. The number of hydrogen-bond donors (Lipinski definition) is 1. The Morgan fingerprint density at radius 3 is 2.53 bits per heavy atom. The number of Topliss-reactive ketones (excluding diaryl/α,β-unsaturated/α-hetero) is 1. The minimum Gasteiger partial charge on any atom is -0.322 e.